The molecule has 0 fully saturated rings. The van der Waals surface area contributed by atoms with Crippen LogP contribution in [0.4, 0.5) is 0 Å². The monoisotopic (exact) mass is 281 g/mol. The quantitative estimate of drug-likeness (QED) is 0.340. The van der Waals surface area contributed by atoms with Gasteiger partial charge in [-0.1, -0.05) is 15.9 Å². The predicted octanol–water partition coefficient (Wildman–Crippen LogP) is -0.717. The van der Waals surface area contributed by atoms with E-state index in [1.54, 1.807) is 13.8 Å². The number of hydrogen-bond acceptors (Lipinski definition) is 4. The smallest absolute Gasteiger partial charge is 0.248 e. The molecular weight excluding hydrogens is 266 g/mol. The zero-order valence-corrected chi connectivity index (χ0v) is 10.4. The van der Waals surface area contributed by atoms with Crippen molar-refractivity contribution in [2.24, 2.45) is 5.90 Å². The standard InChI is InChI=1S/C8H16BrN3O3/c1-8(2,9)7(14)12-4-3-11-6(13)5-15-10/h3-5,10H2,1-2H3,(H,11,13)(H,12,14). The average Bonchev–Trinajstić information content (AvgIpc) is 2.11. The molecule has 15 heavy (non-hydrogen) atoms. The highest BCUT2D eigenvalue weighted by Crippen LogP contribution is 2.14. The second kappa shape index (κ2) is 6.76. The van der Waals surface area contributed by atoms with Crippen LogP contribution in [0.5, 0.6) is 0 Å². The first-order chi connectivity index (χ1) is 6.88. The summed E-state index contributed by atoms with van der Waals surface area (Å²) in [5.74, 6) is 4.25. The molecule has 0 aromatic heterocycles. The molecular formula is C8H16BrN3O3. The van der Waals surface area contributed by atoms with Crippen molar-refractivity contribution in [3.05, 3.63) is 0 Å². The molecule has 6 nitrogen and oxygen atoms in total. The summed E-state index contributed by atoms with van der Waals surface area (Å²) in [4.78, 5) is 26.3. The lowest BCUT2D eigenvalue weighted by Crippen LogP contribution is -2.42. The van der Waals surface area contributed by atoms with Crippen molar-refractivity contribution in [2.45, 2.75) is 18.2 Å². The van der Waals surface area contributed by atoms with E-state index in [0.717, 1.165) is 0 Å². The summed E-state index contributed by atoms with van der Waals surface area (Å²) in [6.07, 6.45) is 0. The van der Waals surface area contributed by atoms with Gasteiger partial charge in [0, 0.05) is 13.1 Å². The minimum atomic E-state index is -0.600. The average molecular weight is 282 g/mol. The zero-order chi connectivity index (χ0) is 11.9. The van der Waals surface area contributed by atoms with Gasteiger partial charge in [-0.25, -0.2) is 5.90 Å². The van der Waals surface area contributed by atoms with Crippen LogP contribution >= 0.6 is 15.9 Å². The van der Waals surface area contributed by atoms with E-state index in [2.05, 4.69) is 31.4 Å². The van der Waals surface area contributed by atoms with Gasteiger partial charge in [-0.3, -0.25) is 14.4 Å². The Kier molecular flexibility index (Phi) is 6.46. The van der Waals surface area contributed by atoms with Crippen molar-refractivity contribution in [1.29, 1.82) is 0 Å². The Morgan fingerprint density at radius 3 is 2.33 bits per heavy atom. The third-order valence-electron chi connectivity index (χ3n) is 1.49. The lowest BCUT2D eigenvalue weighted by atomic mass is 10.2. The summed E-state index contributed by atoms with van der Waals surface area (Å²) in [7, 11) is 0. The molecule has 7 heteroatoms. The number of alkyl halides is 1. The molecule has 4 N–H and O–H groups in total. The van der Waals surface area contributed by atoms with E-state index in [-0.39, 0.29) is 18.4 Å². The Hall–Kier alpha value is -0.660. The molecule has 0 saturated carbocycles. The number of nitrogens with one attached hydrogen (secondary N) is 2. The van der Waals surface area contributed by atoms with Gasteiger partial charge in [0.25, 0.3) is 0 Å². The van der Waals surface area contributed by atoms with Crippen LogP contribution in [-0.4, -0.2) is 35.8 Å². The minimum Gasteiger partial charge on any atom is -0.353 e. The first-order valence-electron chi connectivity index (χ1n) is 4.43. The normalized spacial score (nSPS) is 10.9. The van der Waals surface area contributed by atoms with E-state index < -0.39 is 4.32 Å². The molecule has 0 radical (unpaired) electrons. The van der Waals surface area contributed by atoms with Crippen molar-refractivity contribution < 1.29 is 14.4 Å². The maximum absolute atomic E-state index is 11.3. The molecule has 0 saturated heterocycles. The van der Waals surface area contributed by atoms with Gasteiger partial charge in [-0.15, -0.1) is 0 Å². The van der Waals surface area contributed by atoms with Crippen LogP contribution in [0.15, 0.2) is 0 Å². The molecule has 0 aliphatic rings. The summed E-state index contributed by atoms with van der Waals surface area (Å²) in [6, 6.07) is 0. The fourth-order valence-corrected chi connectivity index (χ4v) is 0.855. The second-order valence-electron chi connectivity index (χ2n) is 3.39. The summed E-state index contributed by atoms with van der Waals surface area (Å²) in [5, 5.41) is 5.16. The van der Waals surface area contributed by atoms with Crippen LogP contribution < -0.4 is 16.5 Å². The second-order valence-corrected chi connectivity index (χ2v) is 5.37. The number of amides is 2. The van der Waals surface area contributed by atoms with Gasteiger partial charge in [-0.2, -0.15) is 0 Å². The molecule has 2 amide bonds. The van der Waals surface area contributed by atoms with Gasteiger partial charge >= 0.3 is 0 Å². The molecule has 0 aliphatic heterocycles. The molecule has 0 heterocycles. The topological polar surface area (TPSA) is 93.5 Å². The molecule has 0 atom stereocenters. The minimum absolute atomic E-state index is 0.133. The van der Waals surface area contributed by atoms with Crippen LogP contribution in [0, 0.1) is 0 Å². The van der Waals surface area contributed by atoms with Crippen molar-refractivity contribution >= 4 is 27.7 Å². The van der Waals surface area contributed by atoms with Gasteiger partial charge in [0.1, 0.15) is 6.61 Å². The lowest BCUT2D eigenvalue weighted by molar-refractivity contribution is -0.126. The predicted molar refractivity (Wildman–Crippen MR) is 59.2 cm³/mol. The Labute approximate surface area is 97.0 Å². The van der Waals surface area contributed by atoms with Crippen molar-refractivity contribution in [1.82, 2.24) is 10.6 Å². The number of carbonyl (C=O) groups is 2. The largest absolute Gasteiger partial charge is 0.353 e. The van der Waals surface area contributed by atoms with E-state index in [1.165, 1.54) is 0 Å². The summed E-state index contributed by atoms with van der Waals surface area (Å²) in [5.41, 5.74) is 0. The number of halogens is 1. The number of rotatable bonds is 6. The van der Waals surface area contributed by atoms with Crippen LogP contribution in [0.25, 0.3) is 0 Å². The van der Waals surface area contributed by atoms with Crippen LogP contribution in [0.2, 0.25) is 0 Å². The Morgan fingerprint density at radius 1 is 1.33 bits per heavy atom. The zero-order valence-electron chi connectivity index (χ0n) is 8.80. The molecule has 0 bridgehead atoms. The summed E-state index contributed by atoms with van der Waals surface area (Å²) >= 11 is 3.21. The van der Waals surface area contributed by atoms with E-state index in [1.807, 2.05) is 0 Å². The van der Waals surface area contributed by atoms with Gasteiger partial charge in [0.2, 0.25) is 11.8 Å². The highest BCUT2D eigenvalue weighted by atomic mass is 79.9. The van der Waals surface area contributed by atoms with Gasteiger partial charge in [0.15, 0.2) is 0 Å². The van der Waals surface area contributed by atoms with E-state index in [9.17, 15) is 9.59 Å². The third kappa shape index (κ3) is 7.29. The number of carbonyl (C=O) groups excluding carboxylic acids is 2. The first kappa shape index (κ1) is 14.3. The van der Waals surface area contributed by atoms with Gasteiger partial charge in [-0.05, 0) is 13.8 Å². The first-order valence-corrected chi connectivity index (χ1v) is 5.23. The number of hydrogen-bond donors (Lipinski definition) is 3. The molecule has 0 unspecified atom stereocenters. The van der Waals surface area contributed by atoms with E-state index >= 15 is 0 Å². The fourth-order valence-electron chi connectivity index (χ4n) is 0.715. The molecule has 0 aliphatic carbocycles. The molecule has 0 spiro atoms. The van der Waals surface area contributed by atoms with Gasteiger partial charge < -0.3 is 10.6 Å². The molecule has 0 rings (SSSR count). The summed E-state index contributed by atoms with van der Waals surface area (Å²) < 4.78 is -0.600. The molecule has 0 aromatic carbocycles. The maximum atomic E-state index is 11.3. The Balaban J connectivity index is 3.55. The highest BCUT2D eigenvalue weighted by Gasteiger charge is 2.22. The third-order valence-corrected chi connectivity index (χ3v) is 1.85. The van der Waals surface area contributed by atoms with Crippen LogP contribution in [0.3, 0.4) is 0 Å². The Morgan fingerprint density at radius 2 is 1.87 bits per heavy atom. The van der Waals surface area contributed by atoms with Crippen molar-refractivity contribution in [2.75, 3.05) is 19.7 Å². The lowest BCUT2D eigenvalue weighted by Gasteiger charge is -2.15. The number of nitrogens with two attached hydrogens (primary N) is 1. The molecule has 88 valence electrons. The van der Waals surface area contributed by atoms with E-state index in [4.69, 9.17) is 5.90 Å². The highest BCUT2D eigenvalue weighted by molar-refractivity contribution is 9.10. The molecule has 0 aromatic rings. The van der Waals surface area contributed by atoms with Crippen LogP contribution in [-0.2, 0) is 14.4 Å². The summed E-state index contributed by atoms with van der Waals surface area (Å²) in [6.45, 7) is 4.01. The maximum Gasteiger partial charge on any atom is 0.248 e. The van der Waals surface area contributed by atoms with E-state index in [0.29, 0.717) is 13.1 Å². The van der Waals surface area contributed by atoms with Crippen LogP contribution in [0.1, 0.15) is 13.8 Å². The van der Waals surface area contributed by atoms with Crippen molar-refractivity contribution in [3.63, 3.8) is 0 Å². The fraction of sp³-hybridized carbons (Fsp3) is 0.750. The van der Waals surface area contributed by atoms with Crippen molar-refractivity contribution in [3.8, 4) is 0 Å². The Bertz CT molecular complexity index is 228. The van der Waals surface area contributed by atoms with Gasteiger partial charge in [0.05, 0.1) is 4.32 Å². The SMILES string of the molecule is CC(C)(Br)C(=O)NCCNC(=O)CON.